The van der Waals surface area contributed by atoms with Gasteiger partial charge in [-0.15, -0.1) is 22.7 Å². The fourth-order valence-electron chi connectivity index (χ4n) is 4.19. The highest BCUT2D eigenvalue weighted by atomic mass is 32.1. The van der Waals surface area contributed by atoms with Crippen molar-refractivity contribution in [1.29, 1.82) is 5.26 Å². The minimum absolute atomic E-state index is 0.0824. The van der Waals surface area contributed by atoms with Crippen LogP contribution in [0.25, 0.3) is 17.3 Å². The van der Waals surface area contributed by atoms with Crippen molar-refractivity contribution in [3.63, 3.8) is 0 Å². The van der Waals surface area contributed by atoms with Crippen molar-refractivity contribution in [2.24, 2.45) is 0 Å². The Balaban J connectivity index is 1.63. The van der Waals surface area contributed by atoms with E-state index in [1.54, 1.807) is 35.7 Å². The summed E-state index contributed by atoms with van der Waals surface area (Å²) in [5.41, 5.74) is -0.456. The lowest BCUT2D eigenvalue weighted by atomic mass is 10.1. The average molecular weight is 619 g/mol. The maximum atomic E-state index is 13.8. The standard InChI is InChI=1S/C28H22N6O7S2/c29-16-21(25(36)32-9-11-40-12-10-32)27-33(19-4-2-1-3-5-19)26(37)23(43-27)15-18-14-20(34(38)39)6-7-22(18)41-17-24(35)31-28-30-8-13-42-28/h1-8,13-15H,9-12,17H2,(H,30,31,35). The summed E-state index contributed by atoms with van der Waals surface area (Å²) in [6.07, 6.45) is 2.91. The van der Waals surface area contributed by atoms with Crippen molar-refractivity contribution >= 4 is 57.0 Å². The monoisotopic (exact) mass is 618 g/mol. The Morgan fingerprint density at radius 2 is 1.98 bits per heavy atom. The molecule has 0 bridgehead atoms. The van der Waals surface area contributed by atoms with Gasteiger partial charge in [0.1, 0.15) is 16.5 Å². The number of aromatic nitrogens is 2. The topological polar surface area (TPSA) is 170 Å². The highest BCUT2D eigenvalue weighted by Crippen LogP contribution is 2.25. The number of thiazole rings is 2. The van der Waals surface area contributed by atoms with E-state index < -0.39 is 28.9 Å². The molecule has 0 radical (unpaired) electrons. The van der Waals surface area contributed by atoms with Crippen molar-refractivity contribution in [2.75, 3.05) is 38.2 Å². The Labute approximate surface area is 251 Å². The number of carbonyl (C=O) groups is 2. The molecule has 1 aliphatic rings. The van der Waals surface area contributed by atoms with Crippen LogP contribution in [0, 0.1) is 21.4 Å². The summed E-state index contributed by atoms with van der Waals surface area (Å²) in [5, 5.41) is 26.3. The minimum Gasteiger partial charge on any atom is -0.483 e. The van der Waals surface area contributed by atoms with E-state index >= 15 is 0 Å². The molecule has 1 N–H and O–H groups in total. The van der Waals surface area contributed by atoms with Crippen molar-refractivity contribution < 1.29 is 24.0 Å². The number of nitrogens with one attached hydrogen (secondary N) is 1. The molecule has 3 heterocycles. The predicted octanol–water partition coefficient (Wildman–Crippen LogP) is 1.64. The molecule has 1 aliphatic heterocycles. The number of morpholine rings is 1. The molecule has 0 atom stereocenters. The molecular formula is C28H22N6O7S2. The van der Waals surface area contributed by atoms with Gasteiger partial charge in [0.05, 0.1) is 28.4 Å². The van der Waals surface area contributed by atoms with Gasteiger partial charge in [0.15, 0.2) is 17.3 Å². The smallest absolute Gasteiger partial charge is 0.273 e. The van der Waals surface area contributed by atoms with Crippen molar-refractivity contribution in [3.8, 4) is 17.5 Å². The molecule has 43 heavy (non-hydrogen) atoms. The first-order valence-corrected chi connectivity index (χ1v) is 14.5. The van der Waals surface area contributed by atoms with Crippen LogP contribution in [0.2, 0.25) is 0 Å². The first-order valence-electron chi connectivity index (χ1n) is 12.8. The Morgan fingerprint density at radius 3 is 2.65 bits per heavy atom. The molecule has 13 nitrogen and oxygen atoms in total. The Hall–Kier alpha value is -5.17. The van der Waals surface area contributed by atoms with Crippen LogP contribution in [-0.4, -0.2) is 64.1 Å². The molecule has 0 spiro atoms. The molecule has 0 unspecified atom stereocenters. The maximum absolute atomic E-state index is 13.8. The normalized spacial score (nSPS) is 14.1. The summed E-state index contributed by atoms with van der Waals surface area (Å²) < 4.78 is 12.5. The van der Waals surface area contributed by atoms with Crippen LogP contribution in [0.3, 0.4) is 0 Å². The van der Waals surface area contributed by atoms with Gasteiger partial charge in [0, 0.05) is 42.4 Å². The van der Waals surface area contributed by atoms with E-state index in [4.69, 9.17) is 9.47 Å². The number of hydrogen-bond acceptors (Lipinski definition) is 11. The van der Waals surface area contributed by atoms with Crippen LogP contribution in [0.4, 0.5) is 10.8 Å². The lowest BCUT2D eigenvalue weighted by Gasteiger charge is -2.26. The first kappa shape index (κ1) is 29.3. The van der Waals surface area contributed by atoms with E-state index in [0.29, 0.717) is 37.1 Å². The van der Waals surface area contributed by atoms with E-state index in [9.17, 15) is 29.8 Å². The molecule has 2 aromatic heterocycles. The van der Waals surface area contributed by atoms with Crippen LogP contribution >= 0.6 is 22.7 Å². The van der Waals surface area contributed by atoms with Crippen molar-refractivity contribution in [2.45, 2.75) is 0 Å². The van der Waals surface area contributed by atoms with Gasteiger partial charge in [0.2, 0.25) is 0 Å². The maximum Gasteiger partial charge on any atom is 0.273 e. The minimum atomic E-state index is -0.596. The second-order valence-electron chi connectivity index (χ2n) is 8.94. The first-order chi connectivity index (χ1) is 20.9. The molecule has 1 fully saturated rings. The number of nitriles is 1. The van der Waals surface area contributed by atoms with Crippen LogP contribution in [-0.2, 0) is 14.3 Å². The number of nitro benzene ring substituents is 1. The Bertz CT molecular complexity index is 1890. The predicted molar refractivity (Wildman–Crippen MR) is 158 cm³/mol. The zero-order valence-corrected chi connectivity index (χ0v) is 23.9. The number of nitro groups is 1. The van der Waals surface area contributed by atoms with Crippen LogP contribution < -0.4 is 24.8 Å². The van der Waals surface area contributed by atoms with Gasteiger partial charge in [-0.25, -0.2) is 4.98 Å². The number of ether oxygens (including phenoxy) is 2. The highest BCUT2D eigenvalue weighted by Gasteiger charge is 2.24. The third-order valence-corrected chi connectivity index (χ3v) is 7.99. The number of non-ortho nitro benzene ring substituents is 1. The van der Waals surface area contributed by atoms with Gasteiger partial charge < -0.3 is 14.4 Å². The van der Waals surface area contributed by atoms with E-state index in [-0.39, 0.29) is 31.8 Å². The highest BCUT2D eigenvalue weighted by molar-refractivity contribution is 7.13. The molecular weight excluding hydrogens is 596 g/mol. The summed E-state index contributed by atoms with van der Waals surface area (Å²) in [6.45, 7) is 0.832. The van der Waals surface area contributed by atoms with Crippen molar-refractivity contribution in [3.05, 3.63) is 95.3 Å². The van der Waals surface area contributed by atoms with Gasteiger partial charge in [-0.3, -0.25) is 34.4 Å². The van der Waals surface area contributed by atoms with Gasteiger partial charge in [-0.2, -0.15) is 5.26 Å². The fourth-order valence-corrected chi connectivity index (χ4v) is 5.82. The molecule has 0 aliphatic carbocycles. The molecule has 2 aromatic carbocycles. The molecule has 218 valence electrons. The average Bonchev–Trinajstić information content (AvgIpc) is 3.65. The number of anilines is 1. The second kappa shape index (κ2) is 13.2. The zero-order valence-electron chi connectivity index (χ0n) is 22.3. The third kappa shape index (κ3) is 6.67. The molecule has 2 amide bonds. The lowest BCUT2D eigenvalue weighted by Crippen LogP contribution is -2.42. The van der Waals surface area contributed by atoms with Gasteiger partial charge in [0.25, 0.3) is 23.1 Å². The lowest BCUT2D eigenvalue weighted by molar-refractivity contribution is -0.384. The fraction of sp³-hybridized carbons (Fsp3) is 0.179. The molecule has 5 rings (SSSR count). The number of benzene rings is 2. The molecule has 15 heteroatoms. The van der Waals surface area contributed by atoms with Gasteiger partial charge >= 0.3 is 0 Å². The number of carbonyl (C=O) groups excluding carboxylic acids is 2. The summed E-state index contributed by atoms with van der Waals surface area (Å²) >= 11 is 2.12. The number of nitrogens with zero attached hydrogens (tertiary/aromatic N) is 5. The summed E-state index contributed by atoms with van der Waals surface area (Å²) in [4.78, 5) is 56.0. The van der Waals surface area contributed by atoms with Crippen LogP contribution in [0.15, 0.2) is 64.9 Å². The number of amides is 2. The number of para-hydroxylation sites is 1. The largest absolute Gasteiger partial charge is 0.483 e. The van der Waals surface area contributed by atoms with Crippen LogP contribution in [0.1, 0.15) is 5.56 Å². The number of rotatable bonds is 8. The quantitative estimate of drug-likeness (QED) is 0.228. The Morgan fingerprint density at radius 1 is 1.21 bits per heavy atom. The summed E-state index contributed by atoms with van der Waals surface area (Å²) in [6, 6.07) is 14.3. The SMILES string of the molecule is N#CC(C(=O)N1CCOCC1)=c1sc(=Cc2cc([N+](=O)[O-])ccc2OCC(=O)Nc2nccs2)c(=O)n1-c1ccccc1. The van der Waals surface area contributed by atoms with Gasteiger partial charge in [-0.05, 0) is 24.3 Å². The summed E-state index contributed by atoms with van der Waals surface area (Å²) in [5.74, 6) is -0.928. The molecule has 4 aromatic rings. The van der Waals surface area contributed by atoms with E-state index in [1.165, 1.54) is 51.3 Å². The third-order valence-electron chi connectivity index (χ3n) is 6.20. The zero-order chi connectivity index (χ0) is 30.3. The molecule has 0 saturated carbocycles. The van der Waals surface area contributed by atoms with Crippen LogP contribution in [0.5, 0.6) is 5.75 Å². The number of hydrogen-bond donors (Lipinski definition) is 1. The van der Waals surface area contributed by atoms with E-state index in [2.05, 4.69) is 10.3 Å². The van der Waals surface area contributed by atoms with E-state index in [1.807, 2.05) is 6.07 Å². The van der Waals surface area contributed by atoms with Crippen molar-refractivity contribution in [1.82, 2.24) is 14.5 Å². The molecule has 1 saturated heterocycles. The van der Waals surface area contributed by atoms with E-state index in [0.717, 1.165) is 11.3 Å². The summed E-state index contributed by atoms with van der Waals surface area (Å²) in [7, 11) is 0. The Kier molecular flexibility index (Phi) is 9.01. The van der Waals surface area contributed by atoms with Gasteiger partial charge in [-0.1, -0.05) is 18.2 Å². The second-order valence-corrected chi connectivity index (χ2v) is 10.9.